The molecule has 7 heteroatoms. The zero-order valence-electron chi connectivity index (χ0n) is 15.3. The number of aliphatic imine (C=N–C) groups is 1. The standard InChI is InChI=1S/C18H29ClN4O.HI/c1-14(23-10-11-24-13-15(23)2)12-22-18(20-3)21-9-8-16-6-4-5-7-17(16)19;/h4-7,14-15H,8-13H2,1-3H3,(H2,20,21,22);1H. The topological polar surface area (TPSA) is 48.9 Å². The van der Waals surface area contributed by atoms with Gasteiger partial charge in [-0.25, -0.2) is 0 Å². The van der Waals surface area contributed by atoms with Gasteiger partial charge in [0.25, 0.3) is 0 Å². The maximum atomic E-state index is 6.19. The largest absolute Gasteiger partial charge is 0.379 e. The minimum absolute atomic E-state index is 0. The molecule has 0 aromatic heterocycles. The summed E-state index contributed by atoms with van der Waals surface area (Å²) >= 11 is 6.19. The van der Waals surface area contributed by atoms with Gasteiger partial charge in [0.15, 0.2) is 5.96 Å². The molecule has 2 atom stereocenters. The summed E-state index contributed by atoms with van der Waals surface area (Å²) in [6.07, 6.45) is 0.871. The van der Waals surface area contributed by atoms with Crippen molar-refractivity contribution in [2.45, 2.75) is 32.4 Å². The molecule has 5 nitrogen and oxygen atoms in total. The molecule has 0 bridgehead atoms. The lowest BCUT2D eigenvalue weighted by atomic mass is 10.1. The van der Waals surface area contributed by atoms with E-state index in [4.69, 9.17) is 16.3 Å². The lowest BCUT2D eigenvalue weighted by Gasteiger charge is -2.38. The van der Waals surface area contributed by atoms with Gasteiger partial charge in [-0.1, -0.05) is 29.8 Å². The minimum Gasteiger partial charge on any atom is -0.379 e. The number of halogens is 2. The normalized spacial score (nSPS) is 19.8. The first kappa shape index (κ1) is 22.5. The molecule has 2 unspecified atom stereocenters. The van der Waals surface area contributed by atoms with E-state index < -0.39 is 0 Å². The number of guanidine groups is 1. The van der Waals surface area contributed by atoms with E-state index in [9.17, 15) is 0 Å². The van der Waals surface area contributed by atoms with Crippen LogP contribution in [0.2, 0.25) is 5.02 Å². The van der Waals surface area contributed by atoms with Crippen molar-refractivity contribution in [2.24, 2.45) is 4.99 Å². The third-order valence-corrected chi connectivity index (χ3v) is 4.79. The molecular formula is C18H30ClIN4O. The maximum absolute atomic E-state index is 6.19. The van der Waals surface area contributed by atoms with Crippen LogP contribution in [0.4, 0.5) is 0 Å². The molecule has 1 saturated heterocycles. The van der Waals surface area contributed by atoms with Crippen LogP contribution in [0.15, 0.2) is 29.3 Å². The Bertz CT molecular complexity index is 544. The quantitative estimate of drug-likeness (QED) is 0.373. The van der Waals surface area contributed by atoms with Crippen molar-refractivity contribution in [1.29, 1.82) is 0 Å². The number of nitrogens with zero attached hydrogens (tertiary/aromatic N) is 2. The second-order valence-electron chi connectivity index (χ2n) is 6.23. The van der Waals surface area contributed by atoms with E-state index in [-0.39, 0.29) is 24.0 Å². The highest BCUT2D eigenvalue weighted by Gasteiger charge is 2.23. The summed E-state index contributed by atoms with van der Waals surface area (Å²) in [5.74, 6) is 0.829. The third kappa shape index (κ3) is 7.29. The zero-order chi connectivity index (χ0) is 17.4. The Morgan fingerprint density at radius 1 is 1.40 bits per heavy atom. The summed E-state index contributed by atoms with van der Waals surface area (Å²) in [6.45, 7) is 8.73. The van der Waals surface area contributed by atoms with Crippen LogP contribution in [-0.2, 0) is 11.2 Å². The van der Waals surface area contributed by atoms with Crippen LogP contribution in [0.3, 0.4) is 0 Å². The molecule has 1 aliphatic rings. The van der Waals surface area contributed by atoms with Crippen LogP contribution < -0.4 is 10.6 Å². The number of morpholine rings is 1. The first-order valence-corrected chi connectivity index (χ1v) is 9.01. The van der Waals surface area contributed by atoms with E-state index in [1.54, 1.807) is 7.05 Å². The molecule has 0 aliphatic carbocycles. The predicted molar refractivity (Wildman–Crippen MR) is 116 cm³/mol. The van der Waals surface area contributed by atoms with Gasteiger partial charge in [0.05, 0.1) is 13.2 Å². The summed E-state index contributed by atoms with van der Waals surface area (Å²) in [6, 6.07) is 8.85. The number of ether oxygens (including phenoxy) is 1. The monoisotopic (exact) mass is 480 g/mol. The van der Waals surface area contributed by atoms with Crippen molar-refractivity contribution in [3.63, 3.8) is 0 Å². The summed E-state index contributed by atoms with van der Waals surface area (Å²) < 4.78 is 5.50. The van der Waals surface area contributed by atoms with E-state index >= 15 is 0 Å². The average molecular weight is 481 g/mol. The molecule has 0 amide bonds. The summed E-state index contributed by atoms with van der Waals surface area (Å²) in [7, 11) is 1.80. The van der Waals surface area contributed by atoms with E-state index in [2.05, 4.69) is 40.4 Å². The highest BCUT2D eigenvalue weighted by atomic mass is 127. The van der Waals surface area contributed by atoms with Crippen LogP contribution in [0.25, 0.3) is 0 Å². The number of rotatable bonds is 6. The lowest BCUT2D eigenvalue weighted by molar-refractivity contribution is -0.0174. The van der Waals surface area contributed by atoms with Crippen molar-refractivity contribution in [3.8, 4) is 0 Å². The lowest BCUT2D eigenvalue weighted by Crippen LogP contribution is -2.53. The van der Waals surface area contributed by atoms with E-state index in [1.807, 2.05) is 18.2 Å². The van der Waals surface area contributed by atoms with Crippen LogP contribution in [0.5, 0.6) is 0 Å². The van der Waals surface area contributed by atoms with E-state index in [0.29, 0.717) is 12.1 Å². The van der Waals surface area contributed by atoms with Gasteiger partial charge in [0.1, 0.15) is 0 Å². The van der Waals surface area contributed by atoms with Crippen molar-refractivity contribution in [1.82, 2.24) is 15.5 Å². The summed E-state index contributed by atoms with van der Waals surface area (Å²) in [5, 5.41) is 7.58. The fraction of sp³-hybridized carbons (Fsp3) is 0.611. The van der Waals surface area contributed by atoms with Gasteiger partial charge in [-0.05, 0) is 31.9 Å². The molecule has 2 N–H and O–H groups in total. The maximum Gasteiger partial charge on any atom is 0.191 e. The Morgan fingerprint density at radius 2 is 2.16 bits per heavy atom. The van der Waals surface area contributed by atoms with Crippen molar-refractivity contribution in [2.75, 3.05) is 39.9 Å². The Hall–Kier alpha value is -0.570. The zero-order valence-corrected chi connectivity index (χ0v) is 18.4. The van der Waals surface area contributed by atoms with Gasteiger partial charge in [-0.2, -0.15) is 0 Å². The second-order valence-corrected chi connectivity index (χ2v) is 6.64. The Balaban J connectivity index is 0.00000312. The smallest absolute Gasteiger partial charge is 0.191 e. The molecule has 1 heterocycles. The Kier molecular flexibility index (Phi) is 10.7. The van der Waals surface area contributed by atoms with E-state index in [0.717, 1.165) is 55.8 Å². The van der Waals surface area contributed by atoms with Gasteiger partial charge in [-0.15, -0.1) is 24.0 Å². The SMILES string of the molecule is CN=C(NCCc1ccccc1Cl)NCC(C)N1CCOCC1C.I. The highest BCUT2D eigenvalue weighted by Crippen LogP contribution is 2.14. The van der Waals surface area contributed by atoms with Crippen molar-refractivity contribution < 1.29 is 4.74 Å². The molecule has 1 aromatic rings. The average Bonchev–Trinajstić information content (AvgIpc) is 2.59. The number of benzene rings is 1. The van der Waals surface area contributed by atoms with Gasteiger partial charge in [-0.3, -0.25) is 9.89 Å². The molecule has 0 spiro atoms. The fourth-order valence-electron chi connectivity index (χ4n) is 2.99. The second kappa shape index (κ2) is 11.9. The Labute approximate surface area is 173 Å². The molecule has 0 radical (unpaired) electrons. The van der Waals surface area contributed by atoms with Crippen molar-refractivity contribution >= 4 is 41.5 Å². The molecule has 142 valence electrons. The number of hydrogen-bond donors (Lipinski definition) is 2. The number of nitrogens with one attached hydrogen (secondary N) is 2. The molecule has 1 aromatic carbocycles. The van der Waals surface area contributed by atoms with Crippen LogP contribution >= 0.6 is 35.6 Å². The Morgan fingerprint density at radius 3 is 2.84 bits per heavy atom. The summed E-state index contributed by atoms with van der Waals surface area (Å²) in [4.78, 5) is 6.78. The third-order valence-electron chi connectivity index (χ3n) is 4.42. The number of hydrogen-bond acceptors (Lipinski definition) is 3. The molecule has 2 rings (SSSR count). The van der Waals surface area contributed by atoms with Gasteiger partial charge >= 0.3 is 0 Å². The molecule has 25 heavy (non-hydrogen) atoms. The predicted octanol–water partition coefficient (Wildman–Crippen LogP) is 2.77. The van der Waals surface area contributed by atoms with Gasteiger partial charge in [0, 0.05) is 43.8 Å². The van der Waals surface area contributed by atoms with Crippen LogP contribution in [-0.4, -0.2) is 62.8 Å². The first-order valence-electron chi connectivity index (χ1n) is 8.63. The fourth-order valence-corrected chi connectivity index (χ4v) is 3.22. The highest BCUT2D eigenvalue weighted by molar-refractivity contribution is 14.0. The van der Waals surface area contributed by atoms with Gasteiger partial charge < -0.3 is 15.4 Å². The molecular weight excluding hydrogens is 451 g/mol. The van der Waals surface area contributed by atoms with Crippen molar-refractivity contribution in [3.05, 3.63) is 34.9 Å². The van der Waals surface area contributed by atoms with Crippen LogP contribution in [0, 0.1) is 0 Å². The van der Waals surface area contributed by atoms with E-state index in [1.165, 1.54) is 0 Å². The minimum atomic E-state index is 0. The molecule has 1 aliphatic heterocycles. The summed E-state index contributed by atoms with van der Waals surface area (Å²) in [5.41, 5.74) is 1.15. The van der Waals surface area contributed by atoms with Crippen LogP contribution in [0.1, 0.15) is 19.4 Å². The first-order chi connectivity index (χ1) is 11.6. The molecule has 1 fully saturated rings. The molecule has 0 saturated carbocycles. The van der Waals surface area contributed by atoms with Gasteiger partial charge in [0.2, 0.25) is 0 Å².